The van der Waals surface area contributed by atoms with Gasteiger partial charge < -0.3 is 5.32 Å². The smallest absolute Gasteiger partial charge is 0.240 e. The van der Waals surface area contributed by atoms with Gasteiger partial charge in [-0.15, -0.1) is 11.6 Å². The number of anilines is 1. The Morgan fingerprint density at radius 3 is 3.07 bits per heavy atom. The van der Waals surface area contributed by atoms with E-state index < -0.39 is 0 Å². The second kappa shape index (κ2) is 4.66. The average Bonchev–Trinajstić information content (AvgIpc) is 2.59. The summed E-state index contributed by atoms with van der Waals surface area (Å²) in [5, 5.41) is 6.91. The van der Waals surface area contributed by atoms with Gasteiger partial charge in [-0.3, -0.25) is 4.79 Å². The van der Waals surface area contributed by atoms with Gasteiger partial charge in [0, 0.05) is 12.6 Å². The summed E-state index contributed by atoms with van der Waals surface area (Å²) in [4.78, 5) is 11.1. The molecular formula is C10H14ClN3O. The molecule has 1 fully saturated rings. The highest BCUT2D eigenvalue weighted by atomic mass is 35.5. The van der Waals surface area contributed by atoms with E-state index in [1.54, 1.807) is 12.3 Å². The minimum absolute atomic E-state index is 0.0192. The maximum absolute atomic E-state index is 11.1. The van der Waals surface area contributed by atoms with E-state index in [4.69, 9.17) is 11.6 Å². The maximum atomic E-state index is 11.1. The number of nitrogens with zero attached hydrogens (tertiary/aromatic N) is 2. The fraction of sp³-hybridized carbons (Fsp3) is 0.600. The standard InChI is InChI=1S/C10H14ClN3O/c11-6-10(15)13-9-4-5-12-14(9)7-8-2-1-3-8/h4-5,8H,1-3,6-7H2,(H,13,15). The van der Waals surface area contributed by atoms with Crippen LogP contribution in [0.25, 0.3) is 0 Å². The first-order valence-electron chi connectivity index (χ1n) is 5.17. The third-order valence-electron chi connectivity index (χ3n) is 2.76. The summed E-state index contributed by atoms with van der Waals surface area (Å²) in [6.45, 7) is 0.894. The molecule has 0 aromatic carbocycles. The van der Waals surface area contributed by atoms with Crippen molar-refractivity contribution in [2.75, 3.05) is 11.2 Å². The van der Waals surface area contributed by atoms with Crippen molar-refractivity contribution < 1.29 is 4.79 Å². The molecule has 1 aromatic heterocycles. The molecule has 1 aromatic rings. The zero-order chi connectivity index (χ0) is 10.7. The minimum atomic E-state index is -0.188. The zero-order valence-electron chi connectivity index (χ0n) is 8.45. The molecule has 1 heterocycles. The number of nitrogens with one attached hydrogen (secondary N) is 1. The van der Waals surface area contributed by atoms with Crippen molar-refractivity contribution in [3.63, 3.8) is 0 Å². The predicted octanol–water partition coefficient (Wildman–Crippen LogP) is 1.86. The van der Waals surface area contributed by atoms with Crippen molar-refractivity contribution in [3.8, 4) is 0 Å². The summed E-state index contributed by atoms with van der Waals surface area (Å²) < 4.78 is 1.84. The highest BCUT2D eigenvalue weighted by Crippen LogP contribution is 2.28. The van der Waals surface area contributed by atoms with Crippen LogP contribution in [0.3, 0.4) is 0 Å². The van der Waals surface area contributed by atoms with Crippen molar-refractivity contribution in [2.24, 2.45) is 5.92 Å². The molecule has 1 aliphatic rings. The lowest BCUT2D eigenvalue weighted by Gasteiger charge is -2.25. The average molecular weight is 228 g/mol. The molecule has 2 rings (SSSR count). The third-order valence-corrected chi connectivity index (χ3v) is 3.00. The second-order valence-corrected chi connectivity index (χ2v) is 4.14. The lowest BCUT2D eigenvalue weighted by molar-refractivity contribution is -0.114. The molecule has 1 aliphatic carbocycles. The van der Waals surface area contributed by atoms with E-state index in [1.165, 1.54) is 19.3 Å². The number of amides is 1. The molecule has 5 heteroatoms. The molecule has 15 heavy (non-hydrogen) atoms. The van der Waals surface area contributed by atoms with Gasteiger partial charge in [0.25, 0.3) is 0 Å². The van der Waals surface area contributed by atoms with E-state index in [2.05, 4.69) is 10.4 Å². The van der Waals surface area contributed by atoms with Crippen LogP contribution in [-0.4, -0.2) is 21.6 Å². The molecule has 4 nitrogen and oxygen atoms in total. The van der Waals surface area contributed by atoms with Crippen LogP contribution in [0.15, 0.2) is 12.3 Å². The SMILES string of the molecule is O=C(CCl)Nc1ccnn1CC1CCC1. The summed E-state index contributed by atoms with van der Waals surface area (Å²) in [5.74, 6) is 1.25. The number of halogens is 1. The first kappa shape index (κ1) is 10.5. The van der Waals surface area contributed by atoms with Gasteiger partial charge in [-0.05, 0) is 18.8 Å². The van der Waals surface area contributed by atoms with Crippen LogP contribution in [0.5, 0.6) is 0 Å². The normalized spacial score (nSPS) is 16.1. The highest BCUT2D eigenvalue weighted by Gasteiger charge is 2.19. The van der Waals surface area contributed by atoms with Gasteiger partial charge in [-0.1, -0.05) is 6.42 Å². The summed E-state index contributed by atoms with van der Waals surface area (Å²) in [6, 6.07) is 1.79. The van der Waals surface area contributed by atoms with E-state index in [-0.39, 0.29) is 11.8 Å². The molecule has 0 unspecified atom stereocenters. The Labute approximate surface area is 93.6 Å². The van der Waals surface area contributed by atoms with Gasteiger partial charge in [-0.25, -0.2) is 4.68 Å². The fourth-order valence-corrected chi connectivity index (χ4v) is 1.75. The van der Waals surface area contributed by atoms with Crippen molar-refractivity contribution >= 4 is 23.3 Å². The van der Waals surface area contributed by atoms with Gasteiger partial charge >= 0.3 is 0 Å². The first-order valence-corrected chi connectivity index (χ1v) is 5.70. The van der Waals surface area contributed by atoms with E-state index in [0.29, 0.717) is 0 Å². The number of carbonyl (C=O) groups is 1. The molecule has 82 valence electrons. The fourth-order valence-electron chi connectivity index (χ4n) is 1.68. The number of carbonyl (C=O) groups excluding carboxylic acids is 1. The Hall–Kier alpha value is -1.03. The molecule has 1 amide bonds. The van der Waals surface area contributed by atoms with Crippen LogP contribution in [0.4, 0.5) is 5.82 Å². The Morgan fingerprint density at radius 2 is 2.47 bits per heavy atom. The van der Waals surface area contributed by atoms with Crippen molar-refractivity contribution in [1.29, 1.82) is 0 Å². The van der Waals surface area contributed by atoms with Gasteiger partial charge in [0.1, 0.15) is 11.7 Å². The number of alkyl halides is 1. The summed E-state index contributed by atoms with van der Waals surface area (Å²) in [5.41, 5.74) is 0. The Morgan fingerprint density at radius 1 is 1.67 bits per heavy atom. The molecule has 0 atom stereocenters. The summed E-state index contributed by atoms with van der Waals surface area (Å²) >= 11 is 5.42. The second-order valence-electron chi connectivity index (χ2n) is 3.88. The molecular weight excluding hydrogens is 214 g/mol. The first-order chi connectivity index (χ1) is 7.29. The van der Waals surface area contributed by atoms with Crippen molar-refractivity contribution in [2.45, 2.75) is 25.8 Å². The van der Waals surface area contributed by atoms with Crippen LogP contribution in [0.2, 0.25) is 0 Å². The number of aromatic nitrogens is 2. The predicted molar refractivity (Wildman–Crippen MR) is 58.9 cm³/mol. The molecule has 1 saturated carbocycles. The lowest BCUT2D eigenvalue weighted by atomic mass is 9.85. The molecule has 0 bridgehead atoms. The number of hydrogen-bond acceptors (Lipinski definition) is 2. The zero-order valence-corrected chi connectivity index (χ0v) is 9.20. The van der Waals surface area contributed by atoms with Crippen LogP contribution < -0.4 is 5.32 Å². The molecule has 0 spiro atoms. The third kappa shape index (κ3) is 2.50. The Kier molecular flexibility index (Phi) is 3.26. The van der Waals surface area contributed by atoms with Crippen LogP contribution in [0.1, 0.15) is 19.3 Å². The van der Waals surface area contributed by atoms with Gasteiger partial charge in [-0.2, -0.15) is 5.10 Å². The summed E-state index contributed by atoms with van der Waals surface area (Å²) in [7, 11) is 0. The van der Waals surface area contributed by atoms with E-state index in [9.17, 15) is 4.79 Å². The number of hydrogen-bond donors (Lipinski definition) is 1. The van der Waals surface area contributed by atoms with E-state index in [1.807, 2.05) is 4.68 Å². The van der Waals surface area contributed by atoms with E-state index >= 15 is 0 Å². The quantitative estimate of drug-likeness (QED) is 0.799. The van der Waals surface area contributed by atoms with Gasteiger partial charge in [0.05, 0.1) is 6.20 Å². The van der Waals surface area contributed by atoms with Crippen LogP contribution in [0, 0.1) is 5.92 Å². The molecule has 0 aliphatic heterocycles. The van der Waals surface area contributed by atoms with Crippen LogP contribution in [-0.2, 0) is 11.3 Å². The lowest BCUT2D eigenvalue weighted by Crippen LogP contribution is -2.22. The summed E-state index contributed by atoms with van der Waals surface area (Å²) in [6.07, 6.45) is 5.54. The topological polar surface area (TPSA) is 46.9 Å². The van der Waals surface area contributed by atoms with E-state index in [0.717, 1.165) is 18.3 Å². The van der Waals surface area contributed by atoms with Gasteiger partial charge in [0.15, 0.2) is 0 Å². The minimum Gasteiger partial charge on any atom is -0.310 e. The maximum Gasteiger partial charge on any atom is 0.240 e. The number of rotatable bonds is 4. The molecule has 0 saturated heterocycles. The monoisotopic (exact) mass is 227 g/mol. The molecule has 0 radical (unpaired) electrons. The Bertz CT molecular complexity index is 346. The van der Waals surface area contributed by atoms with Crippen LogP contribution >= 0.6 is 11.6 Å². The van der Waals surface area contributed by atoms with Crippen molar-refractivity contribution in [1.82, 2.24) is 9.78 Å². The van der Waals surface area contributed by atoms with Crippen molar-refractivity contribution in [3.05, 3.63) is 12.3 Å². The molecule has 1 N–H and O–H groups in total. The highest BCUT2D eigenvalue weighted by molar-refractivity contribution is 6.29. The van der Waals surface area contributed by atoms with Gasteiger partial charge in [0.2, 0.25) is 5.91 Å². The Balaban J connectivity index is 1.97. The largest absolute Gasteiger partial charge is 0.310 e.